The first-order chi connectivity index (χ1) is 1.73. The van der Waals surface area contributed by atoms with Crippen molar-refractivity contribution in [2.45, 2.75) is 0 Å². The predicted molar refractivity (Wildman–Crippen MR) is 6.94 cm³/mol. The molecule has 0 bridgehead atoms. The number of halogens is 3. The Hall–Kier alpha value is 0.633. The molecule has 0 aliphatic carbocycles. The summed E-state index contributed by atoms with van der Waals surface area (Å²) in [6.07, 6.45) is 0. The Bertz CT molecular complexity index is 11.6. The first-order valence-corrected chi connectivity index (χ1v) is 3.35. The Morgan fingerprint density at radius 3 is 1.00 bits per heavy atom. The molecule has 0 aromatic carbocycles. The monoisotopic (exact) mass is 165 g/mol. The number of rotatable bonds is 0. The Balaban J connectivity index is 0. The third kappa shape index (κ3) is 80.1. The van der Waals surface area contributed by atoms with Gasteiger partial charge in [-0.1, -0.05) is 0 Å². The van der Waals surface area contributed by atoms with Crippen molar-refractivity contribution in [2.24, 2.45) is 0 Å². The molecule has 0 radical (unpaired) electrons. The summed E-state index contributed by atoms with van der Waals surface area (Å²) in [5.41, 5.74) is 0. The maximum atomic E-state index is 9.86. The van der Waals surface area contributed by atoms with E-state index in [-0.39, 0.29) is 5.48 Å². The standard InChI is InChI=1S/3FH.H2O.Zr/h3*1H;1H2;/q;;;;+3/p-3. The van der Waals surface area contributed by atoms with Crippen LogP contribution in [0.3, 0.4) is 0 Å². The molecule has 0 saturated carbocycles. The summed E-state index contributed by atoms with van der Waals surface area (Å²) in [7, 11) is 0. The van der Waals surface area contributed by atoms with Crippen LogP contribution in [0.25, 0.3) is 0 Å². The van der Waals surface area contributed by atoms with Crippen molar-refractivity contribution in [1.29, 1.82) is 0 Å². The summed E-state index contributed by atoms with van der Waals surface area (Å²) in [6, 6.07) is 0. The SMILES string of the molecule is O.[F][Zr]([F])[F]. The topological polar surface area (TPSA) is 31.5 Å². The van der Waals surface area contributed by atoms with Gasteiger partial charge in [-0.15, -0.1) is 0 Å². The van der Waals surface area contributed by atoms with Crippen molar-refractivity contribution in [3.05, 3.63) is 0 Å². The fourth-order valence-electron chi connectivity index (χ4n) is 0. The average molecular weight is 166 g/mol. The van der Waals surface area contributed by atoms with E-state index in [4.69, 9.17) is 0 Å². The maximum absolute atomic E-state index is 9.86. The van der Waals surface area contributed by atoms with Crippen LogP contribution in [0.2, 0.25) is 0 Å². The Kier molecular flexibility index (Phi) is 8.49. The zero-order valence-corrected chi connectivity index (χ0v) is 4.59. The van der Waals surface area contributed by atoms with Gasteiger partial charge >= 0.3 is 31.5 Å². The van der Waals surface area contributed by atoms with Gasteiger partial charge in [0.25, 0.3) is 0 Å². The molecule has 33 valence electrons. The molecular weight excluding hydrogens is 164 g/mol. The Morgan fingerprint density at radius 1 is 1.00 bits per heavy atom. The Labute approximate surface area is 37.4 Å². The summed E-state index contributed by atoms with van der Waals surface area (Å²) in [5, 5.41) is 0. The van der Waals surface area contributed by atoms with Gasteiger partial charge in [-0.05, 0) is 0 Å². The molecule has 0 spiro atoms. The van der Waals surface area contributed by atoms with Crippen LogP contribution in [-0.2, 0) is 23.6 Å². The number of hydrogen-bond acceptors (Lipinski definition) is 0. The van der Waals surface area contributed by atoms with Crippen LogP contribution in [0.5, 0.6) is 0 Å². The molecule has 0 amide bonds. The van der Waals surface area contributed by atoms with Crippen molar-refractivity contribution < 1.29 is 36.9 Å². The zero-order chi connectivity index (χ0) is 3.58. The van der Waals surface area contributed by atoms with E-state index in [0.717, 1.165) is 0 Å². The molecule has 5 heteroatoms. The number of hydrogen-bond donors (Lipinski definition) is 0. The van der Waals surface area contributed by atoms with Gasteiger partial charge < -0.3 is 5.48 Å². The van der Waals surface area contributed by atoms with Crippen LogP contribution in [-0.4, -0.2) is 5.48 Å². The molecule has 0 aliphatic heterocycles. The fraction of sp³-hybridized carbons (Fsp3) is 0. The van der Waals surface area contributed by atoms with Gasteiger partial charge in [0.1, 0.15) is 0 Å². The van der Waals surface area contributed by atoms with E-state index in [1.165, 1.54) is 0 Å². The fourth-order valence-corrected chi connectivity index (χ4v) is 0. The van der Waals surface area contributed by atoms with Gasteiger partial charge in [0.15, 0.2) is 0 Å². The summed E-state index contributed by atoms with van der Waals surface area (Å²) in [4.78, 5) is 0. The predicted octanol–water partition coefficient (Wildman–Crippen LogP) is 0.433. The summed E-state index contributed by atoms with van der Waals surface area (Å²) >= 11 is -5.04. The molecule has 2 N–H and O–H groups in total. The molecule has 0 aliphatic rings. The average Bonchev–Trinajstić information content (AvgIpc) is 0.811. The van der Waals surface area contributed by atoms with E-state index in [1.54, 1.807) is 0 Å². The van der Waals surface area contributed by atoms with Crippen LogP contribution in [0.1, 0.15) is 0 Å². The van der Waals surface area contributed by atoms with Crippen molar-refractivity contribution in [1.82, 2.24) is 0 Å². The van der Waals surface area contributed by atoms with Crippen LogP contribution >= 0.6 is 0 Å². The van der Waals surface area contributed by atoms with E-state index in [1.807, 2.05) is 0 Å². The van der Waals surface area contributed by atoms with Gasteiger partial charge in [0, 0.05) is 0 Å². The molecular formula is H2F3OZr. The molecule has 0 fully saturated rings. The van der Waals surface area contributed by atoms with Crippen LogP contribution in [0.15, 0.2) is 0 Å². The van der Waals surface area contributed by atoms with Crippen molar-refractivity contribution in [2.75, 3.05) is 0 Å². The normalized spacial score (nSPS) is 5.40. The van der Waals surface area contributed by atoms with E-state index < -0.39 is 23.6 Å². The molecule has 0 aromatic heterocycles. The quantitative estimate of drug-likeness (QED) is 0.500. The Morgan fingerprint density at radius 2 is 1.00 bits per heavy atom. The van der Waals surface area contributed by atoms with Crippen LogP contribution < -0.4 is 0 Å². The first kappa shape index (κ1) is 9.16. The molecule has 5 heavy (non-hydrogen) atoms. The van der Waals surface area contributed by atoms with E-state index in [2.05, 4.69) is 0 Å². The third-order valence-corrected chi connectivity index (χ3v) is 0. The van der Waals surface area contributed by atoms with Gasteiger partial charge in [0.2, 0.25) is 0 Å². The summed E-state index contributed by atoms with van der Waals surface area (Å²) in [6.45, 7) is 0. The van der Waals surface area contributed by atoms with Gasteiger partial charge in [0.05, 0.1) is 0 Å². The second-order valence-corrected chi connectivity index (χ2v) is 1.27. The molecule has 0 rings (SSSR count). The van der Waals surface area contributed by atoms with E-state index >= 15 is 0 Å². The molecule has 0 atom stereocenters. The van der Waals surface area contributed by atoms with Crippen molar-refractivity contribution in [3.8, 4) is 0 Å². The van der Waals surface area contributed by atoms with Crippen LogP contribution in [0.4, 0.5) is 7.88 Å². The second kappa shape index (κ2) is 4.63. The molecule has 1 nitrogen and oxygen atoms in total. The van der Waals surface area contributed by atoms with Gasteiger partial charge in [-0.3, -0.25) is 0 Å². The van der Waals surface area contributed by atoms with Crippen molar-refractivity contribution >= 4 is 0 Å². The summed E-state index contributed by atoms with van der Waals surface area (Å²) in [5.74, 6) is 0. The first-order valence-electron chi connectivity index (χ1n) is 0.567. The van der Waals surface area contributed by atoms with Gasteiger partial charge in [-0.25, -0.2) is 0 Å². The van der Waals surface area contributed by atoms with Gasteiger partial charge in [-0.2, -0.15) is 0 Å². The minimum absolute atomic E-state index is 0. The second-order valence-electron chi connectivity index (χ2n) is 0.214. The van der Waals surface area contributed by atoms with Crippen molar-refractivity contribution in [3.63, 3.8) is 0 Å². The van der Waals surface area contributed by atoms with E-state index in [0.29, 0.717) is 0 Å². The molecule has 0 heterocycles. The molecule has 0 saturated heterocycles. The van der Waals surface area contributed by atoms with Crippen LogP contribution in [0, 0.1) is 0 Å². The molecule has 0 unspecified atom stereocenters. The molecule has 0 aromatic rings. The van der Waals surface area contributed by atoms with E-state index in [9.17, 15) is 7.88 Å². The third-order valence-electron chi connectivity index (χ3n) is 0. The zero-order valence-electron chi connectivity index (χ0n) is 2.13. The summed E-state index contributed by atoms with van der Waals surface area (Å²) < 4.78 is 29.6. The minimum atomic E-state index is -5.04.